The number of anilines is 1. The molecule has 0 bridgehead atoms. The van der Waals surface area contributed by atoms with E-state index in [0.717, 1.165) is 42.2 Å². The summed E-state index contributed by atoms with van der Waals surface area (Å²) in [6.45, 7) is 6.93. The number of hydrogen-bond donors (Lipinski definition) is 1. The van der Waals surface area contributed by atoms with Crippen LogP contribution in [0.1, 0.15) is 18.2 Å². The Balaban J connectivity index is 1.30. The number of nitrogens with zero attached hydrogens (tertiary/aromatic N) is 6. The van der Waals surface area contributed by atoms with Crippen molar-refractivity contribution < 1.29 is 4.79 Å². The van der Waals surface area contributed by atoms with Crippen LogP contribution in [0.25, 0.3) is 5.65 Å². The summed E-state index contributed by atoms with van der Waals surface area (Å²) < 4.78 is 1.77. The Labute approximate surface area is 164 Å². The van der Waals surface area contributed by atoms with Crippen molar-refractivity contribution >= 4 is 17.5 Å². The lowest BCUT2D eigenvalue weighted by molar-refractivity contribution is 0.191. The molecule has 0 aromatic carbocycles. The molecule has 1 unspecified atom stereocenters. The van der Waals surface area contributed by atoms with Crippen LogP contribution in [0, 0.1) is 6.92 Å². The quantitative estimate of drug-likeness (QED) is 0.749. The Morgan fingerprint density at radius 3 is 2.75 bits per heavy atom. The Kier molecular flexibility index (Phi) is 5.10. The van der Waals surface area contributed by atoms with E-state index >= 15 is 0 Å². The third kappa shape index (κ3) is 3.90. The molecule has 2 amide bonds. The third-order valence-electron chi connectivity index (χ3n) is 5.12. The van der Waals surface area contributed by atoms with Crippen LogP contribution in [0.4, 0.5) is 10.6 Å². The van der Waals surface area contributed by atoms with Gasteiger partial charge in [-0.1, -0.05) is 6.07 Å². The van der Waals surface area contributed by atoms with Crippen molar-refractivity contribution in [1.29, 1.82) is 0 Å². The smallest absolute Gasteiger partial charge is 0.317 e. The Hall–Kier alpha value is -3.16. The van der Waals surface area contributed by atoms with Crippen LogP contribution < -0.4 is 10.2 Å². The van der Waals surface area contributed by atoms with Crippen LogP contribution in [-0.2, 0) is 6.42 Å². The first kappa shape index (κ1) is 18.2. The van der Waals surface area contributed by atoms with Gasteiger partial charge in [-0.3, -0.25) is 4.98 Å². The molecule has 4 rings (SSSR count). The standard InChI is InChI=1S/C20H25N7O/c1-15-4-3-7-21-17(15)14-16(2)23-20(28)26-12-10-25(11-13-26)19-6-5-18-22-8-9-27(18)24-19/h3-9,16H,10-14H2,1-2H3,(H,23,28). The summed E-state index contributed by atoms with van der Waals surface area (Å²) in [6, 6.07) is 7.94. The molecular weight excluding hydrogens is 354 g/mol. The topological polar surface area (TPSA) is 78.7 Å². The van der Waals surface area contributed by atoms with Crippen LogP contribution in [0.15, 0.2) is 42.9 Å². The van der Waals surface area contributed by atoms with Crippen molar-refractivity contribution in [2.45, 2.75) is 26.3 Å². The van der Waals surface area contributed by atoms with E-state index in [1.807, 2.05) is 49.2 Å². The van der Waals surface area contributed by atoms with Gasteiger partial charge >= 0.3 is 6.03 Å². The number of pyridine rings is 1. The number of hydrogen-bond acceptors (Lipinski definition) is 5. The molecule has 28 heavy (non-hydrogen) atoms. The van der Waals surface area contributed by atoms with Gasteiger partial charge < -0.3 is 15.1 Å². The van der Waals surface area contributed by atoms with Crippen LogP contribution in [0.3, 0.4) is 0 Å². The summed E-state index contributed by atoms with van der Waals surface area (Å²) in [4.78, 5) is 25.3. The first-order valence-corrected chi connectivity index (χ1v) is 9.61. The highest BCUT2D eigenvalue weighted by Crippen LogP contribution is 2.14. The van der Waals surface area contributed by atoms with E-state index in [-0.39, 0.29) is 12.1 Å². The van der Waals surface area contributed by atoms with E-state index in [2.05, 4.69) is 25.3 Å². The predicted molar refractivity (Wildman–Crippen MR) is 107 cm³/mol. The zero-order chi connectivity index (χ0) is 19.5. The minimum Gasteiger partial charge on any atom is -0.352 e. The van der Waals surface area contributed by atoms with Crippen molar-refractivity contribution in [2.24, 2.45) is 0 Å². The summed E-state index contributed by atoms with van der Waals surface area (Å²) in [6.07, 6.45) is 6.10. The molecule has 1 fully saturated rings. The molecule has 146 valence electrons. The van der Waals surface area contributed by atoms with Crippen molar-refractivity contribution in [3.8, 4) is 0 Å². The maximum Gasteiger partial charge on any atom is 0.317 e. The third-order valence-corrected chi connectivity index (χ3v) is 5.12. The maximum absolute atomic E-state index is 12.6. The zero-order valence-electron chi connectivity index (χ0n) is 16.2. The van der Waals surface area contributed by atoms with E-state index in [0.29, 0.717) is 13.1 Å². The van der Waals surface area contributed by atoms with E-state index in [4.69, 9.17) is 0 Å². The molecule has 1 N–H and O–H groups in total. The number of aryl methyl sites for hydroxylation is 1. The monoisotopic (exact) mass is 379 g/mol. The van der Waals surface area contributed by atoms with E-state index in [1.165, 1.54) is 0 Å². The number of piperazine rings is 1. The number of urea groups is 1. The normalized spacial score (nSPS) is 15.6. The maximum atomic E-state index is 12.6. The highest BCUT2D eigenvalue weighted by atomic mass is 16.2. The lowest BCUT2D eigenvalue weighted by Gasteiger charge is -2.35. The fraction of sp³-hybridized carbons (Fsp3) is 0.400. The molecule has 1 atom stereocenters. The van der Waals surface area contributed by atoms with Crippen LogP contribution in [-0.4, -0.2) is 62.7 Å². The van der Waals surface area contributed by atoms with Crippen LogP contribution in [0.2, 0.25) is 0 Å². The fourth-order valence-electron chi connectivity index (χ4n) is 3.49. The molecule has 0 saturated carbocycles. The largest absolute Gasteiger partial charge is 0.352 e. The molecule has 0 spiro atoms. The van der Waals surface area contributed by atoms with Gasteiger partial charge in [-0.05, 0) is 37.6 Å². The van der Waals surface area contributed by atoms with Crippen molar-refractivity contribution in [2.75, 3.05) is 31.1 Å². The summed E-state index contributed by atoms with van der Waals surface area (Å²) in [5.74, 6) is 0.907. The number of nitrogens with one attached hydrogen (secondary N) is 1. The van der Waals surface area contributed by atoms with E-state index in [1.54, 1.807) is 16.9 Å². The highest BCUT2D eigenvalue weighted by molar-refractivity contribution is 5.75. The molecule has 8 heteroatoms. The van der Waals surface area contributed by atoms with Gasteiger partial charge in [0.25, 0.3) is 0 Å². The Morgan fingerprint density at radius 2 is 1.96 bits per heavy atom. The van der Waals surface area contributed by atoms with Crippen molar-refractivity contribution in [3.63, 3.8) is 0 Å². The number of imidazole rings is 1. The van der Waals surface area contributed by atoms with Crippen molar-refractivity contribution in [1.82, 2.24) is 29.8 Å². The number of carbonyl (C=O) groups excluding carboxylic acids is 1. The summed E-state index contributed by atoms with van der Waals surface area (Å²) in [5.41, 5.74) is 3.01. The number of rotatable bonds is 4. The summed E-state index contributed by atoms with van der Waals surface area (Å²) in [5, 5.41) is 7.69. The molecule has 1 aliphatic heterocycles. The second kappa shape index (κ2) is 7.84. The molecule has 0 aliphatic carbocycles. The highest BCUT2D eigenvalue weighted by Gasteiger charge is 2.23. The van der Waals surface area contributed by atoms with E-state index in [9.17, 15) is 4.79 Å². The van der Waals surface area contributed by atoms with Gasteiger partial charge in [0, 0.05) is 62.9 Å². The number of carbonyl (C=O) groups is 1. The van der Waals surface area contributed by atoms with Gasteiger partial charge in [-0.25, -0.2) is 14.3 Å². The molecule has 1 aliphatic rings. The van der Waals surface area contributed by atoms with Gasteiger partial charge in [-0.15, -0.1) is 5.10 Å². The molecular formula is C20H25N7O. The second-order valence-electron chi connectivity index (χ2n) is 7.22. The average molecular weight is 379 g/mol. The SMILES string of the molecule is Cc1cccnc1CC(C)NC(=O)N1CCN(c2ccc3nccn3n2)CC1. The van der Waals surface area contributed by atoms with Gasteiger partial charge in [0.2, 0.25) is 0 Å². The number of fused-ring (bicyclic) bond motifs is 1. The zero-order valence-corrected chi connectivity index (χ0v) is 16.2. The first-order valence-electron chi connectivity index (χ1n) is 9.61. The Bertz CT molecular complexity index is 962. The average Bonchev–Trinajstić information content (AvgIpc) is 3.17. The molecule has 3 aromatic rings. The summed E-state index contributed by atoms with van der Waals surface area (Å²) >= 11 is 0. The van der Waals surface area contributed by atoms with Crippen molar-refractivity contribution in [3.05, 3.63) is 54.1 Å². The second-order valence-corrected chi connectivity index (χ2v) is 7.22. The number of aromatic nitrogens is 4. The minimum atomic E-state index is -0.0150. The van der Waals surface area contributed by atoms with Gasteiger partial charge in [0.1, 0.15) is 5.82 Å². The molecule has 3 aromatic heterocycles. The lowest BCUT2D eigenvalue weighted by Crippen LogP contribution is -2.53. The van der Waals surface area contributed by atoms with Crippen LogP contribution in [0.5, 0.6) is 0 Å². The molecule has 4 heterocycles. The minimum absolute atomic E-state index is 0.0150. The van der Waals surface area contributed by atoms with Crippen LogP contribution >= 0.6 is 0 Å². The lowest BCUT2D eigenvalue weighted by atomic mass is 10.1. The number of amides is 2. The van der Waals surface area contributed by atoms with Gasteiger partial charge in [0.15, 0.2) is 5.65 Å². The summed E-state index contributed by atoms with van der Waals surface area (Å²) in [7, 11) is 0. The van der Waals surface area contributed by atoms with Gasteiger partial charge in [-0.2, -0.15) is 0 Å². The molecule has 8 nitrogen and oxygen atoms in total. The predicted octanol–water partition coefficient (Wildman–Crippen LogP) is 1.90. The van der Waals surface area contributed by atoms with Gasteiger partial charge in [0.05, 0.1) is 0 Å². The van der Waals surface area contributed by atoms with E-state index < -0.39 is 0 Å². The first-order chi connectivity index (χ1) is 13.6. The molecule has 1 saturated heterocycles. The fourth-order valence-corrected chi connectivity index (χ4v) is 3.49. The molecule has 0 radical (unpaired) electrons. The Morgan fingerprint density at radius 1 is 1.14 bits per heavy atom.